The van der Waals surface area contributed by atoms with E-state index in [-0.39, 0.29) is 12.5 Å². The molecule has 0 radical (unpaired) electrons. The zero-order chi connectivity index (χ0) is 14.8. The van der Waals surface area contributed by atoms with Gasteiger partial charge in [0.2, 0.25) is 0 Å². The van der Waals surface area contributed by atoms with E-state index in [1.807, 2.05) is 32.0 Å². The second kappa shape index (κ2) is 5.55. The third kappa shape index (κ3) is 2.04. The number of fused-ring (bicyclic) bond motifs is 1. The van der Waals surface area contributed by atoms with Gasteiger partial charge >= 0.3 is 0 Å². The first-order valence-electron chi connectivity index (χ1n) is 7.23. The van der Waals surface area contributed by atoms with Gasteiger partial charge in [0.1, 0.15) is 11.0 Å². The number of rotatable bonds is 4. The maximum atomic E-state index is 11.3. The first kappa shape index (κ1) is 15.0. The molecule has 0 heterocycles. The summed E-state index contributed by atoms with van der Waals surface area (Å²) < 4.78 is 5.26. The lowest BCUT2D eigenvalue weighted by Gasteiger charge is -2.48. The third-order valence-electron chi connectivity index (χ3n) is 4.72. The van der Waals surface area contributed by atoms with E-state index >= 15 is 0 Å². The van der Waals surface area contributed by atoms with Crippen LogP contribution in [0.25, 0.3) is 0 Å². The maximum Gasteiger partial charge on any atom is 0.114 e. The Morgan fingerprint density at radius 2 is 2.15 bits per heavy atom. The normalized spacial score (nSPS) is 24.8. The van der Waals surface area contributed by atoms with Gasteiger partial charge in [-0.2, -0.15) is 5.26 Å². The van der Waals surface area contributed by atoms with E-state index in [2.05, 4.69) is 12.1 Å². The average molecular weight is 273 g/mol. The van der Waals surface area contributed by atoms with E-state index < -0.39 is 11.0 Å². The summed E-state index contributed by atoms with van der Waals surface area (Å²) in [7, 11) is 1.58. The number of nitrogens with zero attached hydrogens (tertiary/aromatic N) is 1. The number of hydrogen-bond donors (Lipinski definition) is 1. The molecule has 0 saturated heterocycles. The summed E-state index contributed by atoms with van der Waals surface area (Å²) in [6.07, 6.45) is 2.57. The topological polar surface area (TPSA) is 53.2 Å². The van der Waals surface area contributed by atoms with Crippen molar-refractivity contribution in [2.45, 2.75) is 44.1 Å². The molecule has 0 aliphatic heterocycles. The summed E-state index contributed by atoms with van der Waals surface area (Å²) in [5.74, 6) is -0.0618. The molecule has 0 bridgehead atoms. The Bertz CT molecular complexity index is 520. The summed E-state index contributed by atoms with van der Waals surface area (Å²) in [5.41, 5.74) is 0.0939. The highest BCUT2D eigenvalue weighted by Gasteiger charge is 2.55. The van der Waals surface area contributed by atoms with Crippen molar-refractivity contribution in [1.29, 1.82) is 5.26 Å². The van der Waals surface area contributed by atoms with Crippen LogP contribution in [0.4, 0.5) is 0 Å². The van der Waals surface area contributed by atoms with Crippen molar-refractivity contribution in [3.8, 4) is 6.07 Å². The molecular weight excluding hydrogens is 250 g/mol. The van der Waals surface area contributed by atoms with Crippen molar-refractivity contribution in [1.82, 2.24) is 0 Å². The Hall–Kier alpha value is -1.37. The summed E-state index contributed by atoms with van der Waals surface area (Å²) in [4.78, 5) is 0. The smallest absolute Gasteiger partial charge is 0.114 e. The average Bonchev–Trinajstić information content (AvgIpc) is 2.46. The van der Waals surface area contributed by atoms with Gasteiger partial charge in [0.25, 0.3) is 0 Å². The van der Waals surface area contributed by atoms with Crippen LogP contribution in [-0.4, -0.2) is 24.4 Å². The SMILES string of the molecule is COCC(O)(C(C)C)C1(C#N)CCCc2ccccc21. The highest BCUT2D eigenvalue weighted by molar-refractivity contribution is 5.45. The minimum absolute atomic E-state index is 0.0618. The summed E-state index contributed by atoms with van der Waals surface area (Å²) >= 11 is 0. The Labute approximate surface area is 121 Å². The number of benzene rings is 1. The lowest BCUT2D eigenvalue weighted by molar-refractivity contribution is -0.109. The van der Waals surface area contributed by atoms with Gasteiger partial charge < -0.3 is 9.84 Å². The molecule has 3 nitrogen and oxygen atoms in total. The van der Waals surface area contributed by atoms with Gasteiger partial charge in [-0.3, -0.25) is 0 Å². The van der Waals surface area contributed by atoms with Gasteiger partial charge in [-0.1, -0.05) is 38.1 Å². The Morgan fingerprint density at radius 1 is 1.45 bits per heavy atom. The quantitative estimate of drug-likeness (QED) is 0.917. The van der Waals surface area contributed by atoms with Crippen molar-refractivity contribution in [2.24, 2.45) is 5.92 Å². The molecule has 1 aliphatic rings. The fourth-order valence-electron chi connectivity index (χ4n) is 3.50. The number of aryl methyl sites for hydroxylation is 1. The lowest BCUT2D eigenvalue weighted by Crippen LogP contribution is -2.58. The molecule has 2 unspecified atom stereocenters. The number of nitriles is 1. The zero-order valence-corrected chi connectivity index (χ0v) is 12.5. The highest BCUT2D eigenvalue weighted by atomic mass is 16.5. The fraction of sp³-hybridized carbons (Fsp3) is 0.588. The van der Waals surface area contributed by atoms with Crippen molar-refractivity contribution in [2.75, 3.05) is 13.7 Å². The molecule has 2 rings (SSSR count). The standard InChI is InChI=1S/C17H23NO2/c1-13(2)17(19,12-20-3)16(11-18)10-6-8-14-7-4-5-9-15(14)16/h4-5,7,9,13,19H,6,8,10,12H2,1-3H3. The van der Waals surface area contributed by atoms with Gasteiger partial charge in [-0.25, -0.2) is 0 Å². The molecular formula is C17H23NO2. The summed E-state index contributed by atoms with van der Waals surface area (Å²) in [5, 5.41) is 21.2. The lowest BCUT2D eigenvalue weighted by atomic mass is 9.58. The molecule has 0 amide bonds. The second-order valence-corrected chi connectivity index (χ2v) is 6.04. The number of methoxy groups -OCH3 is 1. The van der Waals surface area contributed by atoms with Gasteiger partial charge in [0.15, 0.2) is 0 Å². The first-order valence-corrected chi connectivity index (χ1v) is 7.23. The van der Waals surface area contributed by atoms with Crippen LogP contribution in [0.15, 0.2) is 24.3 Å². The Morgan fingerprint density at radius 3 is 2.75 bits per heavy atom. The second-order valence-electron chi connectivity index (χ2n) is 6.04. The van der Waals surface area contributed by atoms with Gasteiger partial charge in [-0.05, 0) is 36.3 Å². The summed E-state index contributed by atoms with van der Waals surface area (Å²) in [6, 6.07) is 10.4. The molecule has 0 spiro atoms. The van der Waals surface area contributed by atoms with Crippen LogP contribution in [0.2, 0.25) is 0 Å². The van der Waals surface area contributed by atoms with Crippen molar-refractivity contribution >= 4 is 0 Å². The number of aliphatic hydroxyl groups is 1. The van der Waals surface area contributed by atoms with E-state index in [0.29, 0.717) is 6.42 Å². The van der Waals surface area contributed by atoms with Crippen LogP contribution in [-0.2, 0) is 16.6 Å². The zero-order valence-electron chi connectivity index (χ0n) is 12.5. The molecule has 108 valence electrons. The molecule has 1 aliphatic carbocycles. The molecule has 0 aromatic heterocycles. The van der Waals surface area contributed by atoms with Crippen molar-refractivity contribution in [3.63, 3.8) is 0 Å². The predicted octanol–water partition coefficient (Wildman–Crippen LogP) is 2.82. The minimum atomic E-state index is -1.17. The van der Waals surface area contributed by atoms with Crippen LogP contribution >= 0.6 is 0 Å². The maximum absolute atomic E-state index is 11.3. The molecule has 1 aromatic carbocycles. The minimum Gasteiger partial charge on any atom is -0.385 e. The van der Waals surface area contributed by atoms with Gasteiger partial charge in [-0.15, -0.1) is 0 Å². The van der Waals surface area contributed by atoms with E-state index in [1.165, 1.54) is 5.56 Å². The molecule has 20 heavy (non-hydrogen) atoms. The highest BCUT2D eigenvalue weighted by Crippen LogP contribution is 2.47. The molecule has 0 saturated carbocycles. The molecule has 1 N–H and O–H groups in total. The predicted molar refractivity (Wildman–Crippen MR) is 78.3 cm³/mol. The van der Waals surface area contributed by atoms with Gasteiger partial charge in [0.05, 0.1) is 12.7 Å². The molecule has 2 atom stereocenters. The summed E-state index contributed by atoms with van der Waals surface area (Å²) in [6.45, 7) is 4.08. The molecule has 0 fully saturated rings. The Kier molecular flexibility index (Phi) is 4.17. The fourth-order valence-corrected chi connectivity index (χ4v) is 3.50. The van der Waals surface area contributed by atoms with Crippen molar-refractivity contribution < 1.29 is 9.84 Å². The van der Waals surface area contributed by atoms with Crippen LogP contribution in [0.3, 0.4) is 0 Å². The van der Waals surface area contributed by atoms with Crippen LogP contribution in [0.1, 0.15) is 37.8 Å². The van der Waals surface area contributed by atoms with E-state index in [0.717, 1.165) is 18.4 Å². The largest absolute Gasteiger partial charge is 0.385 e. The van der Waals surface area contributed by atoms with E-state index in [1.54, 1.807) is 7.11 Å². The van der Waals surface area contributed by atoms with E-state index in [4.69, 9.17) is 4.74 Å². The van der Waals surface area contributed by atoms with Crippen molar-refractivity contribution in [3.05, 3.63) is 35.4 Å². The van der Waals surface area contributed by atoms with E-state index in [9.17, 15) is 10.4 Å². The first-order chi connectivity index (χ1) is 9.52. The van der Waals surface area contributed by atoms with Crippen LogP contribution < -0.4 is 0 Å². The Balaban J connectivity index is 2.64. The molecule has 3 heteroatoms. The number of hydrogen-bond acceptors (Lipinski definition) is 3. The van der Waals surface area contributed by atoms with Gasteiger partial charge in [0, 0.05) is 7.11 Å². The number of ether oxygens (including phenoxy) is 1. The molecule has 1 aromatic rings. The van der Waals surface area contributed by atoms with Crippen LogP contribution in [0, 0.1) is 17.2 Å². The third-order valence-corrected chi connectivity index (χ3v) is 4.72. The van der Waals surface area contributed by atoms with Crippen LogP contribution in [0.5, 0.6) is 0 Å². The monoisotopic (exact) mass is 273 g/mol.